The molecule has 0 saturated heterocycles. The maximum absolute atomic E-state index is 13.8. The van der Waals surface area contributed by atoms with Crippen LogP contribution in [0.1, 0.15) is 34.7 Å². The zero-order valence-electron chi connectivity index (χ0n) is 20.8. The van der Waals surface area contributed by atoms with Gasteiger partial charge in [-0.2, -0.15) is 0 Å². The lowest BCUT2D eigenvalue weighted by atomic mass is 9.87. The number of nitrogens with one attached hydrogen (secondary N) is 1. The number of methoxy groups -OCH3 is 3. The lowest BCUT2D eigenvalue weighted by Crippen LogP contribution is -2.29. The summed E-state index contributed by atoms with van der Waals surface area (Å²) < 4.78 is 17.4. The van der Waals surface area contributed by atoms with Gasteiger partial charge in [0.25, 0.3) is 5.56 Å². The third-order valence-electron chi connectivity index (χ3n) is 6.57. The van der Waals surface area contributed by atoms with Crippen LogP contribution in [0.4, 0.5) is 0 Å². The monoisotopic (exact) mass is 490 g/mol. The molecule has 0 aliphatic rings. The number of aromatic hydroxyl groups is 1. The predicted octanol–water partition coefficient (Wildman–Crippen LogP) is 4.30. The van der Waals surface area contributed by atoms with E-state index in [9.17, 15) is 14.7 Å². The smallest absolute Gasteiger partial charge is 0.306 e. The zero-order chi connectivity index (χ0) is 25.8. The van der Waals surface area contributed by atoms with Crippen LogP contribution in [-0.2, 0) is 22.5 Å². The first-order chi connectivity index (χ1) is 17.4. The summed E-state index contributed by atoms with van der Waals surface area (Å²) in [6.45, 7) is 2.19. The number of fused-ring (bicyclic) bond motifs is 1. The molecule has 2 N–H and O–H groups in total. The topological polar surface area (TPSA) is 103 Å². The van der Waals surface area contributed by atoms with Gasteiger partial charge in [0.15, 0.2) is 0 Å². The van der Waals surface area contributed by atoms with Gasteiger partial charge in [-0.1, -0.05) is 24.3 Å². The van der Waals surface area contributed by atoms with Crippen LogP contribution in [0, 0.1) is 6.92 Å². The average molecular weight is 491 g/mol. The number of benzene rings is 2. The number of ether oxygens (including phenoxy) is 3. The highest BCUT2D eigenvalue weighted by molar-refractivity contribution is 5.83. The molecule has 0 saturated carbocycles. The lowest BCUT2D eigenvalue weighted by Gasteiger charge is -2.22. The van der Waals surface area contributed by atoms with Crippen molar-refractivity contribution in [3.8, 4) is 17.2 Å². The number of pyridine rings is 1. The minimum Gasteiger partial charge on any atom is -0.507 e. The van der Waals surface area contributed by atoms with Crippen molar-refractivity contribution in [2.45, 2.75) is 32.2 Å². The Morgan fingerprint density at radius 1 is 1.08 bits per heavy atom. The molecule has 4 aromatic rings. The van der Waals surface area contributed by atoms with Crippen LogP contribution in [0.15, 0.2) is 59.5 Å². The fourth-order valence-corrected chi connectivity index (χ4v) is 4.67. The molecule has 1 unspecified atom stereocenters. The summed E-state index contributed by atoms with van der Waals surface area (Å²) in [7, 11) is 4.33. The molecule has 8 heteroatoms. The van der Waals surface area contributed by atoms with Crippen molar-refractivity contribution in [1.29, 1.82) is 0 Å². The Labute approximate surface area is 209 Å². The summed E-state index contributed by atoms with van der Waals surface area (Å²) in [5.41, 5.74) is 3.08. The molecule has 188 valence electrons. The quantitative estimate of drug-likeness (QED) is 0.339. The van der Waals surface area contributed by atoms with Gasteiger partial charge >= 0.3 is 5.97 Å². The number of para-hydroxylation sites is 1. The largest absolute Gasteiger partial charge is 0.507 e. The molecule has 0 amide bonds. The fraction of sp³-hybridized carbons (Fsp3) is 0.286. The van der Waals surface area contributed by atoms with Gasteiger partial charge in [0, 0.05) is 46.9 Å². The number of hydrogen-bond acceptors (Lipinski definition) is 6. The number of esters is 1. The Morgan fingerprint density at radius 3 is 2.58 bits per heavy atom. The molecule has 2 aromatic carbocycles. The molecule has 2 aromatic heterocycles. The molecule has 0 fully saturated rings. The van der Waals surface area contributed by atoms with Gasteiger partial charge in [-0.15, -0.1) is 0 Å². The van der Waals surface area contributed by atoms with Gasteiger partial charge in [0.05, 0.1) is 33.3 Å². The fourth-order valence-electron chi connectivity index (χ4n) is 4.67. The van der Waals surface area contributed by atoms with Crippen molar-refractivity contribution in [3.05, 3.63) is 87.5 Å². The molecule has 36 heavy (non-hydrogen) atoms. The van der Waals surface area contributed by atoms with Crippen LogP contribution < -0.4 is 15.0 Å². The number of aromatic nitrogens is 2. The van der Waals surface area contributed by atoms with Gasteiger partial charge < -0.3 is 28.9 Å². The minimum atomic E-state index is -0.786. The maximum atomic E-state index is 13.8. The van der Waals surface area contributed by atoms with E-state index >= 15 is 0 Å². The number of hydrogen-bond donors (Lipinski definition) is 2. The zero-order valence-corrected chi connectivity index (χ0v) is 20.8. The lowest BCUT2D eigenvalue weighted by molar-refractivity contribution is -0.140. The summed E-state index contributed by atoms with van der Waals surface area (Å²) in [6, 6.07) is 14.7. The summed E-state index contributed by atoms with van der Waals surface area (Å²) in [4.78, 5) is 29.5. The maximum Gasteiger partial charge on any atom is 0.306 e. The van der Waals surface area contributed by atoms with Crippen molar-refractivity contribution in [2.75, 3.05) is 21.3 Å². The Bertz CT molecular complexity index is 1450. The van der Waals surface area contributed by atoms with Crippen LogP contribution >= 0.6 is 0 Å². The van der Waals surface area contributed by atoms with Crippen molar-refractivity contribution < 1.29 is 24.1 Å². The van der Waals surface area contributed by atoms with Crippen LogP contribution in [-0.4, -0.2) is 42.0 Å². The highest BCUT2D eigenvalue weighted by Gasteiger charge is 2.29. The third kappa shape index (κ3) is 4.79. The van der Waals surface area contributed by atoms with Gasteiger partial charge in [-0.25, -0.2) is 0 Å². The van der Waals surface area contributed by atoms with Crippen LogP contribution in [0.5, 0.6) is 17.2 Å². The van der Waals surface area contributed by atoms with Crippen LogP contribution in [0.25, 0.3) is 10.9 Å². The van der Waals surface area contributed by atoms with Crippen molar-refractivity contribution >= 4 is 16.9 Å². The second-order valence-electron chi connectivity index (χ2n) is 8.59. The Balaban J connectivity index is 1.79. The van der Waals surface area contributed by atoms with E-state index in [0.29, 0.717) is 35.7 Å². The van der Waals surface area contributed by atoms with E-state index in [0.717, 1.165) is 16.5 Å². The van der Waals surface area contributed by atoms with E-state index in [4.69, 9.17) is 14.2 Å². The SMILES string of the molecule is COC(=O)CC(c1ccc(OC)cc1OC)c1c(O)cc(C)n(CCc2c[nH]c3ccccc23)c1=O. The molecular weight excluding hydrogens is 460 g/mol. The number of carbonyl (C=O) groups excluding carboxylic acids is 1. The van der Waals surface area contributed by atoms with Crippen LogP contribution in [0.2, 0.25) is 0 Å². The summed E-state index contributed by atoms with van der Waals surface area (Å²) in [6.07, 6.45) is 2.42. The average Bonchev–Trinajstić information content (AvgIpc) is 3.30. The van der Waals surface area contributed by atoms with Crippen molar-refractivity contribution in [2.24, 2.45) is 0 Å². The number of H-pyrrole nitrogens is 1. The van der Waals surface area contributed by atoms with Gasteiger partial charge in [-0.3, -0.25) is 9.59 Å². The first-order valence-corrected chi connectivity index (χ1v) is 11.6. The Hall–Kier alpha value is -4.20. The summed E-state index contributed by atoms with van der Waals surface area (Å²) in [5, 5.41) is 12.0. The van der Waals surface area contributed by atoms with E-state index in [1.165, 1.54) is 14.2 Å². The molecular formula is C28H30N2O6. The molecule has 4 rings (SSSR count). The third-order valence-corrected chi connectivity index (χ3v) is 6.57. The number of carbonyl (C=O) groups is 1. The molecule has 0 aliphatic carbocycles. The highest BCUT2D eigenvalue weighted by Crippen LogP contribution is 2.39. The van der Waals surface area contributed by atoms with Crippen LogP contribution in [0.3, 0.4) is 0 Å². The Kier molecular flexibility index (Phi) is 7.33. The van der Waals surface area contributed by atoms with Crippen molar-refractivity contribution in [3.63, 3.8) is 0 Å². The van der Waals surface area contributed by atoms with E-state index in [1.54, 1.807) is 42.9 Å². The molecule has 8 nitrogen and oxygen atoms in total. The van der Waals surface area contributed by atoms with Gasteiger partial charge in [0.2, 0.25) is 0 Å². The van der Waals surface area contributed by atoms with E-state index in [2.05, 4.69) is 4.98 Å². The number of nitrogens with zero attached hydrogens (tertiary/aromatic N) is 1. The standard InChI is InChI=1S/C28H30N2O6/c1-17-13-24(31)27(22(15-26(32)36-4)21-10-9-19(34-2)14-25(21)35-3)28(33)30(17)12-11-18-16-29-23-8-6-5-7-20(18)23/h5-10,13-14,16,22,29,31H,11-12,15H2,1-4H3. The second kappa shape index (κ2) is 10.6. The summed E-state index contributed by atoms with van der Waals surface area (Å²) >= 11 is 0. The first-order valence-electron chi connectivity index (χ1n) is 11.6. The highest BCUT2D eigenvalue weighted by atomic mass is 16.5. The second-order valence-corrected chi connectivity index (χ2v) is 8.59. The number of rotatable bonds is 9. The van der Waals surface area contributed by atoms with E-state index in [1.807, 2.05) is 30.5 Å². The minimum absolute atomic E-state index is 0.119. The van der Waals surface area contributed by atoms with E-state index in [-0.39, 0.29) is 23.3 Å². The molecule has 2 heterocycles. The first kappa shape index (κ1) is 24.9. The molecule has 0 radical (unpaired) electrons. The predicted molar refractivity (Wildman–Crippen MR) is 137 cm³/mol. The molecule has 0 spiro atoms. The number of aromatic amines is 1. The molecule has 1 atom stereocenters. The molecule has 0 aliphatic heterocycles. The molecule has 0 bridgehead atoms. The normalized spacial score (nSPS) is 11.9. The Morgan fingerprint density at radius 2 is 1.86 bits per heavy atom. The van der Waals surface area contributed by atoms with E-state index < -0.39 is 11.9 Å². The van der Waals surface area contributed by atoms with Gasteiger partial charge in [-0.05, 0) is 37.1 Å². The van der Waals surface area contributed by atoms with Crippen molar-refractivity contribution in [1.82, 2.24) is 9.55 Å². The number of aryl methyl sites for hydroxylation is 2. The van der Waals surface area contributed by atoms with Gasteiger partial charge in [0.1, 0.15) is 17.2 Å². The summed E-state index contributed by atoms with van der Waals surface area (Å²) in [5.74, 6) is -0.467.